The Kier molecular flexibility index (Phi) is 13.5. The number of nitrogens with zero attached hydrogens (tertiary/aromatic N) is 6. The number of pyridine rings is 1. The van der Waals surface area contributed by atoms with Crippen LogP contribution < -0.4 is 30.1 Å². The molecule has 2 amide bonds. The van der Waals surface area contributed by atoms with Crippen molar-refractivity contribution in [1.82, 2.24) is 30.1 Å². The summed E-state index contributed by atoms with van der Waals surface area (Å²) in [5.74, 6) is -1.22. The Bertz CT molecular complexity index is 2640. The number of carbonyl (C=O) groups is 3. The van der Waals surface area contributed by atoms with Crippen LogP contribution in [0.2, 0.25) is 0 Å². The number of rotatable bonds is 18. The van der Waals surface area contributed by atoms with Crippen molar-refractivity contribution in [3.8, 4) is 28.6 Å². The molecule has 18 nitrogen and oxygen atoms in total. The Morgan fingerprint density at radius 2 is 1.53 bits per heavy atom. The number of anilines is 2. The first-order valence-electron chi connectivity index (χ1n) is 19.3. The molecule has 1 saturated carbocycles. The molecule has 320 valence electrons. The van der Waals surface area contributed by atoms with E-state index in [0.717, 1.165) is 11.1 Å². The lowest BCUT2D eigenvalue weighted by atomic mass is 10.1. The summed E-state index contributed by atoms with van der Waals surface area (Å²) < 4.78 is 50.0. The fourth-order valence-corrected chi connectivity index (χ4v) is 7.23. The van der Waals surface area contributed by atoms with Gasteiger partial charge in [-0.2, -0.15) is 9.79 Å². The summed E-state index contributed by atoms with van der Waals surface area (Å²) >= 11 is 0. The molecular formula is C43H43N8O10P. The number of hydrogen-bond acceptors (Lipinski definition) is 14. The fourth-order valence-electron chi connectivity index (χ4n) is 6.06. The van der Waals surface area contributed by atoms with Gasteiger partial charge in [0.2, 0.25) is 5.82 Å². The van der Waals surface area contributed by atoms with E-state index in [2.05, 4.69) is 31.0 Å². The highest BCUT2D eigenvalue weighted by Crippen LogP contribution is 2.53. The zero-order valence-electron chi connectivity index (χ0n) is 34.2. The highest BCUT2D eigenvalue weighted by molar-refractivity contribution is 7.48. The number of aromatic nitrogens is 5. The maximum Gasteiger partial charge on any atom is 0.530 e. The minimum absolute atomic E-state index is 0.0130. The molecule has 2 heterocycles. The number of phosphoric ester groups is 1. The third-order valence-corrected chi connectivity index (χ3v) is 10.7. The van der Waals surface area contributed by atoms with E-state index in [1.54, 1.807) is 49.5 Å². The lowest BCUT2D eigenvalue weighted by Gasteiger charge is -2.20. The number of tetrazole rings is 1. The molecule has 0 bridgehead atoms. The van der Waals surface area contributed by atoms with E-state index in [-0.39, 0.29) is 58.8 Å². The molecule has 7 rings (SSSR count). The first kappa shape index (κ1) is 43.0. The first-order chi connectivity index (χ1) is 30.1. The number of methoxy groups -OCH3 is 2. The zero-order chi connectivity index (χ0) is 43.6. The van der Waals surface area contributed by atoms with E-state index >= 15 is 0 Å². The number of aryl methyl sites for hydroxylation is 1. The minimum atomic E-state index is -4.36. The highest BCUT2D eigenvalue weighted by atomic mass is 31.2. The number of carbonyl (C=O) groups excluding carboxylic acids is 3. The second kappa shape index (κ2) is 19.5. The lowest BCUT2D eigenvalue weighted by Crippen LogP contribution is -2.29. The van der Waals surface area contributed by atoms with Crippen LogP contribution in [0, 0.1) is 5.92 Å². The van der Waals surface area contributed by atoms with Crippen LogP contribution in [-0.2, 0) is 50.1 Å². The average molecular weight is 863 g/mol. The smallest absolute Gasteiger partial charge is 0.494 e. The van der Waals surface area contributed by atoms with Crippen molar-refractivity contribution in [3.63, 3.8) is 0 Å². The highest BCUT2D eigenvalue weighted by Gasteiger charge is 2.32. The molecule has 0 unspecified atom stereocenters. The van der Waals surface area contributed by atoms with Crippen LogP contribution in [0.5, 0.6) is 17.2 Å². The van der Waals surface area contributed by atoms with Gasteiger partial charge in [-0.15, -0.1) is 10.2 Å². The Hall–Kier alpha value is -7.14. The van der Waals surface area contributed by atoms with Crippen LogP contribution >= 0.6 is 7.82 Å². The number of para-hydroxylation sites is 1. The van der Waals surface area contributed by atoms with Gasteiger partial charge in [0.15, 0.2) is 24.0 Å². The van der Waals surface area contributed by atoms with Crippen LogP contribution in [0.15, 0.2) is 114 Å². The number of phosphoric acid groups is 1. The van der Waals surface area contributed by atoms with Gasteiger partial charge in [-0.25, -0.2) is 9.36 Å². The predicted molar refractivity (Wildman–Crippen MR) is 224 cm³/mol. The van der Waals surface area contributed by atoms with Gasteiger partial charge < -0.3 is 29.4 Å². The Morgan fingerprint density at radius 3 is 2.13 bits per heavy atom. The molecule has 0 spiro atoms. The Balaban J connectivity index is 1.17. The van der Waals surface area contributed by atoms with E-state index < -0.39 is 26.4 Å². The van der Waals surface area contributed by atoms with Crippen molar-refractivity contribution in [2.75, 3.05) is 26.6 Å². The van der Waals surface area contributed by atoms with Crippen molar-refractivity contribution >= 4 is 37.0 Å². The maximum absolute atomic E-state index is 14.2. The van der Waals surface area contributed by atoms with Gasteiger partial charge in [-0.05, 0) is 59.5 Å². The molecule has 0 aliphatic heterocycles. The number of amides is 2. The summed E-state index contributed by atoms with van der Waals surface area (Å²) in [5.41, 5.74) is 2.90. The standard InChI is InChI=1S/C43H43N8O10P/c1-44-42(53)33-24-51(38(46-41(52)30-18-19-30)23-35(33)45-34-17-11-16-32(39(34)57-4)40-47-49-50(2)48-40)27-58-43(54)31-20-21-36(56-3)37(22-31)61-62(55,59-25-28-12-7-5-8-13-28)60-26-29-14-9-6-10-15-29/h5-17,20-24,30,45H,18-19,25-27H2,1-4H3,(H,44,53)/b46-38+. The van der Waals surface area contributed by atoms with Crippen LogP contribution in [0.4, 0.5) is 11.4 Å². The van der Waals surface area contributed by atoms with Gasteiger partial charge in [-0.1, -0.05) is 66.7 Å². The number of benzene rings is 4. The van der Waals surface area contributed by atoms with Gasteiger partial charge in [-0.3, -0.25) is 23.2 Å². The normalized spacial score (nSPS) is 12.7. The molecule has 1 aliphatic carbocycles. The molecule has 2 N–H and O–H groups in total. The number of hydrogen-bond donors (Lipinski definition) is 2. The summed E-state index contributed by atoms with van der Waals surface area (Å²) in [7, 11) is 1.61. The lowest BCUT2D eigenvalue weighted by molar-refractivity contribution is -0.119. The quantitative estimate of drug-likeness (QED) is 0.0711. The Labute approximate surface area is 356 Å². The van der Waals surface area contributed by atoms with Crippen molar-refractivity contribution in [3.05, 3.63) is 137 Å². The zero-order valence-corrected chi connectivity index (χ0v) is 35.1. The molecule has 2 aromatic heterocycles. The summed E-state index contributed by atoms with van der Waals surface area (Å²) in [6, 6.07) is 29.1. The van der Waals surface area contributed by atoms with Crippen molar-refractivity contribution in [2.45, 2.75) is 32.8 Å². The topological polar surface area (TPSA) is 209 Å². The molecule has 6 aromatic rings. The van der Waals surface area contributed by atoms with Gasteiger partial charge in [0, 0.05) is 25.2 Å². The molecule has 19 heteroatoms. The van der Waals surface area contributed by atoms with Crippen LogP contribution in [0.1, 0.15) is 44.7 Å². The van der Waals surface area contributed by atoms with Gasteiger partial charge in [0.05, 0.1) is 62.5 Å². The SMILES string of the molecule is CNC(=O)c1cn(COC(=O)c2ccc(OC)c(OP(=O)(OCc3ccccc3)OCc3ccccc3)c2)/c(=N/C(=O)C2CC2)cc1Nc1cccc(-c2nnn(C)n2)c1OC. The summed E-state index contributed by atoms with van der Waals surface area (Å²) in [6.45, 7) is -0.674. The minimum Gasteiger partial charge on any atom is -0.494 e. The second-order valence-corrected chi connectivity index (χ2v) is 15.4. The van der Waals surface area contributed by atoms with Crippen LogP contribution in [0.25, 0.3) is 11.4 Å². The monoisotopic (exact) mass is 862 g/mol. The van der Waals surface area contributed by atoms with Gasteiger partial charge in [0.25, 0.3) is 11.8 Å². The third-order valence-electron chi connectivity index (χ3n) is 9.41. The van der Waals surface area contributed by atoms with Crippen molar-refractivity contribution < 1.29 is 46.7 Å². The largest absolute Gasteiger partial charge is 0.530 e. The molecular weight excluding hydrogens is 819 g/mol. The van der Waals surface area contributed by atoms with E-state index in [1.165, 1.54) is 61.1 Å². The average Bonchev–Trinajstić information content (AvgIpc) is 4.07. The van der Waals surface area contributed by atoms with E-state index in [9.17, 15) is 18.9 Å². The number of nitrogens with one attached hydrogen (secondary N) is 2. The van der Waals surface area contributed by atoms with E-state index in [0.29, 0.717) is 35.7 Å². The molecule has 0 atom stereocenters. The van der Waals surface area contributed by atoms with E-state index in [1.807, 2.05) is 36.4 Å². The third kappa shape index (κ3) is 10.6. The number of ether oxygens (including phenoxy) is 3. The molecule has 1 fully saturated rings. The molecule has 4 aromatic carbocycles. The number of esters is 1. The second-order valence-electron chi connectivity index (χ2n) is 13.8. The Morgan fingerprint density at radius 1 is 0.839 bits per heavy atom. The summed E-state index contributed by atoms with van der Waals surface area (Å²) in [6.07, 6.45) is 2.81. The van der Waals surface area contributed by atoms with Crippen LogP contribution in [0.3, 0.4) is 0 Å². The molecule has 62 heavy (non-hydrogen) atoms. The van der Waals surface area contributed by atoms with Crippen molar-refractivity contribution in [2.24, 2.45) is 18.0 Å². The molecule has 0 saturated heterocycles. The molecule has 1 aliphatic rings. The van der Waals surface area contributed by atoms with Crippen molar-refractivity contribution in [1.29, 1.82) is 0 Å². The summed E-state index contributed by atoms with van der Waals surface area (Å²) in [4.78, 5) is 45.9. The molecule has 0 radical (unpaired) electrons. The van der Waals surface area contributed by atoms with Crippen LogP contribution in [-0.4, -0.2) is 63.8 Å². The fraction of sp³-hybridized carbons (Fsp3) is 0.233. The first-order valence-corrected chi connectivity index (χ1v) is 20.8. The predicted octanol–water partition coefficient (Wildman–Crippen LogP) is 6.37. The van der Waals surface area contributed by atoms with Gasteiger partial charge in [0.1, 0.15) is 5.49 Å². The maximum atomic E-state index is 14.2. The van der Waals surface area contributed by atoms with E-state index in [4.69, 9.17) is 27.8 Å². The summed E-state index contributed by atoms with van der Waals surface area (Å²) in [5, 5.41) is 18.2. The van der Waals surface area contributed by atoms with Gasteiger partial charge >= 0.3 is 13.8 Å².